The van der Waals surface area contributed by atoms with Gasteiger partial charge in [0.15, 0.2) is 11.5 Å². The molecule has 158 valence electrons. The average Bonchev–Trinajstić information content (AvgIpc) is 2.73. The number of benzene rings is 2. The van der Waals surface area contributed by atoms with Crippen molar-refractivity contribution in [3.8, 4) is 11.5 Å². The molecule has 0 spiro atoms. The topological polar surface area (TPSA) is 50.7 Å². The quantitative estimate of drug-likeness (QED) is 0.583. The van der Waals surface area contributed by atoms with E-state index in [1.807, 2.05) is 38.1 Å². The van der Waals surface area contributed by atoms with Gasteiger partial charge in [-0.25, -0.2) is 0 Å². The predicted octanol–water partition coefficient (Wildman–Crippen LogP) is 5.64. The van der Waals surface area contributed by atoms with Gasteiger partial charge in [-0.3, -0.25) is 0 Å². The number of rotatable bonds is 8. The summed E-state index contributed by atoms with van der Waals surface area (Å²) in [6.07, 6.45) is 5.55. The van der Waals surface area contributed by atoms with Gasteiger partial charge in [0.05, 0.1) is 13.2 Å². The molecule has 2 aromatic rings. The fourth-order valence-electron chi connectivity index (χ4n) is 3.92. The van der Waals surface area contributed by atoms with Crippen molar-refractivity contribution in [2.45, 2.75) is 70.7 Å². The highest BCUT2D eigenvalue weighted by Crippen LogP contribution is 2.36. The Kier molecular flexibility index (Phi) is 7.82. The molecule has 29 heavy (non-hydrogen) atoms. The molecule has 1 saturated carbocycles. The second kappa shape index (κ2) is 10.3. The van der Waals surface area contributed by atoms with Crippen LogP contribution in [0.15, 0.2) is 36.4 Å². The van der Waals surface area contributed by atoms with E-state index in [9.17, 15) is 5.11 Å². The Morgan fingerprint density at radius 2 is 1.76 bits per heavy atom. The molecule has 3 rings (SSSR count). The maximum Gasteiger partial charge on any atom is 0.161 e. The first-order valence-corrected chi connectivity index (χ1v) is 10.9. The van der Waals surface area contributed by atoms with Crippen molar-refractivity contribution in [1.29, 1.82) is 0 Å². The molecule has 5 heteroatoms. The van der Waals surface area contributed by atoms with E-state index in [-0.39, 0.29) is 6.10 Å². The fraction of sp³-hybridized carbons (Fsp3) is 0.500. The summed E-state index contributed by atoms with van der Waals surface area (Å²) >= 11 is 6.02. The molecule has 0 radical (unpaired) electrons. The molecule has 1 aliphatic rings. The van der Waals surface area contributed by atoms with Gasteiger partial charge in [0, 0.05) is 17.6 Å². The van der Waals surface area contributed by atoms with Crippen molar-refractivity contribution in [3.05, 3.63) is 58.1 Å². The third kappa shape index (κ3) is 5.88. The van der Waals surface area contributed by atoms with Crippen LogP contribution in [-0.4, -0.2) is 24.4 Å². The van der Waals surface area contributed by atoms with Crippen LogP contribution < -0.4 is 14.8 Å². The van der Waals surface area contributed by atoms with Gasteiger partial charge in [-0.2, -0.15) is 0 Å². The van der Waals surface area contributed by atoms with E-state index in [1.54, 1.807) is 19.2 Å². The highest BCUT2D eigenvalue weighted by molar-refractivity contribution is 6.30. The van der Waals surface area contributed by atoms with Gasteiger partial charge in [0.2, 0.25) is 0 Å². The van der Waals surface area contributed by atoms with E-state index in [4.69, 9.17) is 21.1 Å². The summed E-state index contributed by atoms with van der Waals surface area (Å²) in [6.45, 7) is 4.64. The van der Waals surface area contributed by atoms with E-state index < -0.39 is 6.10 Å². The number of hydrogen-bond donors (Lipinski definition) is 2. The summed E-state index contributed by atoms with van der Waals surface area (Å²) in [5.74, 6) is 1.33. The van der Waals surface area contributed by atoms with Crippen LogP contribution in [0.1, 0.15) is 68.7 Å². The molecule has 2 aromatic carbocycles. The van der Waals surface area contributed by atoms with Crippen molar-refractivity contribution >= 4 is 11.6 Å². The van der Waals surface area contributed by atoms with Crippen LogP contribution in [0.3, 0.4) is 0 Å². The first-order valence-electron chi connectivity index (χ1n) is 10.5. The zero-order chi connectivity index (χ0) is 20.8. The Morgan fingerprint density at radius 1 is 1.07 bits per heavy atom. The number of methoxy groups -OCH3 is 1. The van der Waals surface area contributed by atoms with Gasteiger partial charge in [0.1, 0.15) is 6.10 Å². The Balaban J connectivity index is 1.93. The zero-order valence-electron chi connectivity index (χ0n) is 17.6. The SMILES string of the molecule is COc1cc(CNC2CCCCC2)c(C(O)c2ccc(Cl)cc2)cc1OC(C)C. The average molecular weight is 418 g/mol. The van der Waals surface area contributed by atoms with Crippen LogP contribution in [0, 0.1) is 0 Å². The van der Waals surface area contributed by atoms with Crippen LogP contribution in [0.5, 0.6) is 11.5 Å². The first-order chi connectivity index (χ1) is 14.0. The molecule has 2 N–H and O–H groups in total. The number of aliphatic hydroxyl groups is 1. The van der Waals surface area contributed by atoms with Gasteiger partial charge in [0.25, 0.3) is 0 Å². The summed E-state index contributed by atoms with van der Waals surface area (Å²) in [6, 6.07) is 11.8. The lowest BCUT2D eigenvalue weighted by Gasteiger charge is -2.25. The highest BCUT2D eigenvalue weighted by Gasteiger charge is 2.21. The van der Waals surface area contributed by atoms with E-state index in [0.717, 1.165) is 16.7 Å². The molecule has 1 fully saturated rings. The van der Waals surface area contributed by atoms with Gasteiger partial charge in [-0.1, -0.05) is 43.0 Å². The number of hydrogen-bond acceptors (Lipinski definition) is 4. The minimum atomic E-state index is -0.768. The van der Waals surface area contributed by atoms with Gasteiger partial charge in [-0.15, -0.1) is 0 Å². The Bertz CT molecular complexity index is 785. The molecule has 4 nitrogen and oxygen atoms in total. The Hall–Kier alpha value is -1.75. The minimum absolute atomic E-state index is 0.00985. The van der Waals surface area contributed by atoms with Gasteiger partial charge >= 0.3 is 0 Å². The molecule has 0 aromatic heterocycles. The lowest BCUT2D eigenvalue weighted by Crippen LogP contribution is -2.31. The molecule has 0 bridgehead atoms. The van der Waals surface area contributed by atoms with Crippen molar-refractivity contribution in [1.82, 2.24) is 5.32 Å². The zero-order valence-corrected chi connectivity index (χ0v) is 18.3. The molecule has 1 aliphatic carbocycles. The molecular formula is C24H32ClNO3. The van der Waals surface area contributed by atoms with Gasteiger partial charge < -0.3 is 19.9 Å². The third-order valence-electron chi connectivity index (χ3n) is 5.45. The number of nitrogens with one attached hydrogen (secondary N) is 1. The van der Waals surface area contributed by atoms with Crippen molar-refractivity contribution < 1.29 is 14.6 Å². The largest absolute Gasteiger partial charge is 0.493 e. The molecular weight excluding hydrogens is 386 g/mol. The fourth-order valence-corrected chi connectivity index (χ4v) is 4.04. The van der Waals surface area contributed by atoms with Crippen LogP contribution in [-0.2, 0) is 6.54 Å². The maximum absolute atomic E-state index is 11.2. The predicted molar refractivity (Wildman–Crippen MR) is 118 cm³/mol. The third-order valence-corrected chi connectivity index (χ3v) is 5.71. The molecule has 0 heterocycles. The minimum Gasteiger partial charge on any atom is -0.493 e. The molecule has 0 saturated heterocycles. The number of ether oxygens (including phenoxy) is 2. The normalized spacial score (nSPS) is 16.1. The van der Waals surface area contributed by atoms with Crippen LogP contribution >= 0.6 is 11.6 Å². The second-order valence-corrected chi connectivity index (χ2v) is 8.47. The summed E-state index contributed by atoms with van der Waals surface area (Å²) < 4.78 is 11.5. The second-order valence-electron chi connectivity index (χ2n) is 8.04. The van der Waals surface area contributed by atoms with E-state index >= 15 is 0 Å². The molecule has 0 aliphatic heterocycles. The highest BCUT2D eigenvalue weighted by atomic mass is 35.5. The Labute approximate surface area is 179 Å². The van der Waals surface area contributed by atoms with E-state index in [0.29, 0.717) is 29.1 Å². The maximum atomic E-state index is 11.2. The van der Waals surface area contributed by atoms with Gasteiger partial charge in [-0.05, 0) is 67.6 Å². The monoisotopic (exact) mass is 417 g/mol. The standard InChI is InChI=1S/C24H32ClNO3/c1-16(2)29-23-14-21(24(27)17-9-11-19(25)12-10-17)18(13-22(23)28-3)15-26-20-7-5-4-6-8-20/h9-14,16,20,24,26-27H,4-8,15H2,1-3H3. The molecule has 0 amide bonds. The summed E-state index contributed by atoms with van der Waals surface area (Å²) in [4.78, 5) is 0. The summed E-state index contributed by atoms with van der Waals surface area (Å²) in [7, 11) is 1.65. The van der Waals surface area contributed by atoms with Crippen molar-refractivity contribution in [3.63, 3.8) is 0 Å². The first kappa shape index (κ1) is 21.9. The van der Waals surface area contributed by atoms with Crippen LogP contribution in [0.25, 0.3) is 0 Å². The Morgan fingerprint density at radius 3 is 2.38 bits per heavy atom. The molecule has 1 atom stereocenters. The van der Waals surface area contributed by atoms with Crippen molar-refractivity contribution in [2.75, 3.05) is 7.11 Å². The summed E-state index contributed by atoms with van der Waals surface area (Å²) in [5.41, 5.74) is 2.65. The summed E-state index contributed by atoms with van der Waals surface area (Å²) in [5, 5.41) is 15.5. The van der Waals surface area contributed by atoms with Crippen LogP contribution in [0.4, 0.5) is 0 Å². The van der Waals surface area contributed by atoms with Crippen LogP contribution in [0.2, 0.25) is 5.02 Å². The van der Waals surface area contributed by atoms with E-state index in [2.05, 4.69) is 5.32 Å². The van der Waals surface area contributed by atoms with E-state index in [1.165, 1.54) is 32.1 Å². The van der Waals surface area contributed by atoms with Crippen molar-refractivity contribution in [2.24, 2.45) is 0 Å². The lowest BCUT2D eigenvalue weighted by molar-refractivity contribution is 0.211. The lowest BCUT2D eigenvalue weighted by atomic mass is 9.93. The smallest absolute Gasteiger partial charge is 0.161 e. The molecule has 1 unspecified atom stereocenters. The number of aliphatic hydroxyl groups excluding tert-OH is 1. The number of halogens is 1.